The van der Waals surface area contributed by atoms with Gasteiger partial charge in [-0.1, -0.05) is 47.7 Å². The Morgan fingerprint density at radius 3 is 2.78 bits per heavy atom. The predicted molar refractivity (Wildman–Crippen MR) is 120 cm³/mol. The molecule has 1 aromatic heterocycles. The van der Waals surface area contributed by atoms with Gasteiger partial charge in [-0.2, -0.15) is 0 Å². The molecule has 2 aromatic carbocycles. The van der Waals surface area contributed by atoms with Crippen molar-refractivity contribution in [2.24, 2.45) is 4.99 Å². The summed E-state index contributed by atoms with van der Waals surface area (Å²) >= 11 is 1.29. The van der Waals surface area contributed by atoms with Gasteiger partial charge in [-0.3, -0.25) is 9.36 Å². The van der Waals surface area contributed by atoms with Crippen molar-refractivity contribution < 1.29 is 19.0 Å². The van der Waals surface area contributed by atoms with Crippen LogP contribution in [0.3, 0.4) is 0 Å². The molecular weight excluding hydrogens is 428 g/mol. The van der Waals surface area contributed by atoms with Crippen LogP contribution in [0, 0.1) is 0 Å². The molecular formula is C24H20N2O5S. The van der Waals surface area contributed by atoms with Crippen molar-refractivity contribution in [3.8, 4) is 11.5 Å². The number of hydrogen-bond donors (Lipinski definition) is 0. The maximum atomic E-state index is 13.3. The van der Waals surface area contributed by atoms with Crippen molar-refractivity contribution in [1.82, 2.24) is 4.57 Å². The summed E-state index contributed by atoms with van der Waals surface area (Å²) in [5, 5.41) is 0. The molecule has 0 N–H and O–H groups in total. The predicted octanol–water partition coefficient (Wildman–Crippen LogP) is 2.64. The second-order valence-corrected chi connectivity index (χ2v) is 8.32. The molecule has 7 nitrogen and oxygen atoms in total. The Hall–Kier alpha value is -3.65. The number of benzene rings is 2. The minimum absolute atomic E-state index is 0.190. The number of thiazole rings is 1. The zero-order chi connectivity index (χ0) is 22.2. The van der Waals surface area contributed by atoms with Crippen LogP contribution < -0.4 is 24.4 Å². The summed E-state index contributed by atoms with van der Waals surface area (Å²) in [6.07, 6.45) is 1.80. The third kappa shape index (κ3) is 3.42. The van der Waals surface area contributed by atoms with E-state index in [-0.39, 0.29) is 19.0 Å². The lowest BCUT2D eigenvalue weighted by Crippen LogP contribution is -2.35. The zero-order valence-electron chi connectivity index (χ0n) is 17.5. The first-order valence-corrected chi connectivity index (χ1v) is 11.0. The van der Waals surface area contributed by atoms with E-state index in [1.165, 1.54) is 15.9 Å². The fourth-order valence-electron chi connectivity index (χ4n) is 3.85. The van der Waals surface area contributed by atoms with Crippen molar-refractivity contribution >= 4 is 29.1 Å². The largest absolute Gasteiger partial charge is 0.463 e. The van der Waals surface area contributed by atoms with Crippen LogP contribution >= 0.6 is 11.3 Å². The molecule has 1 unspecified atom stereocenters. The molecule has 0 amide bonds. The first-order chi connectivity index (χ1) is 15.6. The van der Waals surface area contributed by atoms with E-state index in [9.17, 15) is 9.59 Å². The monoisotopic (exact) mass is 448 g/mol. The van der Waals surface area contributed by atoms with Gasteiger partial charge in [0.1, 0.15) is 6.04 Å². The Balaban J connectivity index is 1.69. The highest BCUT2D eigenvalue weighted by atomic mass is 32.1. The number of aromatic nitrogens is 1. The van der Waals surface area contributed by atoms with E-state index in [1.807, 2.05) is 48.5 Å². The Kier molecular flexibility index (Phi) is 5.14. The van der Waals surface area contributed by atoms with E-state index in [1.54, 1.807) is 19.9 Å². The Labute approximate surface area is 187 Å². The molecule has 0 fully saturated rings. The van der Waals surface area contributed by atoms with Gasteiger partial charge >= 0.3 is 5.97 Å². The van der Waals surface area contributed by atoms with Gasteiger partial charge in [0.25, 0.3) is 5.56 Å². The van der Waals surface area contributed by atoms with E-state index in [4.69, 9.17) is 19.2 Å². The maximum Gasteiger partial charge on any atom is 0.338 e. The van der Waals surface area contributed by atoms with Gasteiger partial charge in [0.15, 0.2) is 16.3 Å². The topological polar surface area (TPSA) is 79.1 Å². The van der Waals surface area contributed by atoms with Gasteiger partial charge in [-0.25, -0.2) is 9.79 Å². The minimum atomic E-state index is -0.535. The van der Waals surface area contributed by atoms with E-state index in [0.717, 1.165) is 11.1 Å². The molecule has 3 heterocycles. The Morgan fingerprint density at radius 2 is 2.00 bits per heavy atom. The van der Waals surface area contributed by atoms with Crippen molar-refractivity contribution in [3.05, 3.63) is 84.9 Å². The van der Waals surface area contributed by atoms with Crippen molar-refractivity contribution in [3.63, 3.8) is 0 Å². The van der Waals surface area contributed by atoms with Crippen LogP contribution in [0.1, 0.15) is 31.0 Å². The molecule has 2 aliphatic rings. The summed E-state index contributed by atoms with van der Waals surface area (Å²) < 4.78 is 18.1. The van der Waals surface area contributed by atoms with E-state index >= 15 is 0 Å². The molecule has 8 heteroatoms. The highest BCUT2D eigenvalue weighted by Gasteiger charge is 2.31. The first kappa shape index (κ1) is 20.3. The summed E-state index contributed by atoms with van der Waals surface area (Å²) in [5.41, 5.74) is 2.37. The smallest absolute Gasteiger partial charge is 0.338 e. The second-order valence-electron chi connectivity index (χ2n) is 7.31. The number of nitrogens with zero attached hydrogens (tertiary/aromatic N) is 2. The quantitative estimate of drug-likeness (QED) is 0.574. The molecule has 1 atom stereocenters. The number of hydrogen-bond acceptors (Lipinski definition) is 7. The van der Waals surface area contributed by atoms with Crippen molar-refractivity contribution in [1.29, 1.82) is 0 Å². The third-order valence-electron chi connectivity index (χ3n) is 5.35. The number of allylic oxidation sites excluding steroid dienone is 1. The van der Waals surface area contributed by atoms with Crippen LogP contribution in [-0.4, -0.2) is 23.9 Å². The molecule has 162 valence electrons. The highest BCUT2D eigenvalue weighted by Crippen LogP contribution is 2.33. The molecule has 3 aromatic rings. The van der Waals surface area contributed by atoms with Crippen LogP contribution in [-0.2, 0) is 9.53 Å². The molecule has 0 saturated carbocycles. The van der Waals surface area contributed by atoms with Crippen LogP contribution in [0.25, 0.3) is 11.8 Å². The lowest BCUT2D eigenvalue weighted by atomic mass is 9.97. The van der Waals surface area contributed by atoms with E-state index < -0.39 is 12.0 Å². The average Bonchev–Trinajstić information content (AvgIpc) is 3.38. The molecule has 32 heavy (non-hydrogen) atoms. The zero-order valence-corrected chi connectivity index (χ0v) is 18.3. The number of rotatable bonds is 4. The summed E-state index contributed by atoms with van der Waals surface area (Å²) in [6, 6.07) is 14.5. The van der Waals surface area contributed by atoms with Gasteiger partial charge < -0.3 is 14.2 Å². The number of ether oxygens (including phenoxy) is 3. The lowest BCUT2D eigenvalue weighted by molar-refractivity contribution is -0.138. The molecule has 0 spiro atoms. The summed E-state index contributed by atoms with van der Waals surface area (Å²) in [4.78, 5) is 31.4. The van der Waals surface area contributed by atoms with E-state index in [2.05, 4.69) is 0 Å². The number of esters is 1. The molecule has 0 bridgehead atoms. The lowest BCUT2D eigenvalue weighted by Gasteiger charge is -2.22. The maximum absolute atomic E-state index is 13.3. The SMILES string of the molecule is CCOC(=O)C1=C(C)n2c(sc(=Cc3ccc4c(c3)OCO4)c2=O)=NC1c1ccccc1. The van der Waals surface area contributed by atoms with Gasteiger partial charge in [0, 0.05) is 5.70 Å². The first-order valence-electron chi connectivity index (χ1n) is 10.2. The van der Waals surface area contributed by atoms with Crippen molar-refractivity contribution in [2.45, 2.75) is 19.9 Å². The van der Waals surface area contributed by atoms with Crippen LogP contribution in [0.4, 0.5) is 0 Å². The fourth-order valence-corrected chi connectivity index (χ4v) is 4.89. The Bertz CT molecular complexity index is 1420. The summed E-state index contributed by atoms with van der Waals surface area (Å²) in [5.74, 6) is 0.866. The van der Waals surface area contributed by atoms with Gasteiger partial charge in [0.05, 0.1) is 16.7 Å². The number of fused-ring (bicyclic) bond motifs is 2. The average molecular weight is 449 g/mol. The number of carbonyl (C=O) groups excluding carboxylic acids is 1. The van der Waals surface area contributed by atoms with Gasteiger partial charge in [-0.05, 0) is 43.2 Å². The Morgan fingerprint density at radius 1 is 1.22 bits per heavy atom. The normalized spacial score (nSPS) is 17.2. The van der Waals surface area contributed by atoms with Gasteiger partial charge in [-0.15, -0.1) is 0 Å². The van der Waals surface area contributed by atoms with Gasteiger partial charge in [0.2, 0.25) is 6.79 Å². The minimum Gasteiger partial charge on any atom is -0.463 e. The van der Waals surface area contributed by atoms with E-state index in [0.29, 0.717) is 32.1 Å². The number of carbonyl (C=O) groups is 1. The van der Waals surface area contributed by atoms with Crippen molar-refractivity contribution in [2.75, 3.05) is 13.4 Å². The standard InChI is InChI=1S/C24H20N2O5S/c1-3-29-23(28)20-14(2)26-22(27)19(12-15-9-10-17-18(11-15)31-13-30-17)32-24(26)25-21(20)16-7-5-4-6-8-16/h4-12,21H,3,13H2,1-2H3. The highest BCUT2D eigenvalue weighted by molar-refractivity contribution is 7.07. The third-order valence-corrected chi connectivity index (χ3v) is 6.33. The molecule has 5 rings (SSSR count). The van der Waals surface area contributed by atoms with Crippen LogP contribution in [0.5, 0.6) is 11.5 Å². The molecule has 0 saturated heterocycles. The fraction of sp³-hybridized carbons (Fsp3) is 0.208. The van der Waals surface area contributed by atoms with Crippen LogP contribution in [0.15, 0.2) is 63.9 Å². The second kappa shape index (κ2) is 8.12. The summed E-state index contributed by atoms with van der Waals surface area (Å²) in [7, 11) is 0. The summed E-state index contributed by atoms with van der Waals surface area (Å²) in [6.45, 7) is 3.95. The molecule has 0 radical (unpaired) electrons. The molecule has 2 aliphatic heterocycles. The van der Waals surface area contributed by atoms with Crippen LogP contribution in [0.2, 0.25) is 0 Å². The molecule has 0 aliphatic carbocycles.